The topological polar surface area (TPSA) is 65.4 Å². The molecular weight excluding hydrogens is 348 g/mol. The number of nitrogens with zero attached hydrogens (tertiary/aromatic N) is 3. The third-order valence-electron chi connectivity index (χ3n) is 4.25. The van der Waals surface area contributed by atoms with Crippen LogP contribution in [-0.4, -0.2) is 46.5 Å². The van der Waals surface area contributed by atoms with Crippen LogP contribution in [-0.2, 0) is 29.8 Å². The lowest BCUT2D eigenvalue weighted by Crippen LogP contribution is -2.14. The van der Waals surface area contributed by atoms with Gasteiger partial charge in [0.25, 0.3) is 0 Å². The molecule has 7 heteroatoms. The molecule has 0 amide bonds. The van der Waals surface area contributed by atoms with E-state index in [0.29, 0.717) is 6.61 Å². The van der Waals surface area contributed by atoms with Crippen molar-refractivity contribution in [1.82, 2.24) is 14.7 Å². The summed E-state index contributed by atoms with van der Waals surface area (Å²) in [5.41, 5.74) is 3.73. The molecule has 1 N–H and O–H groups in total. The Hall–Kier alpha value is -1.54. The first kappa shape index (κ1) is 20.8. The van der Waals surface area contributed by atoms with Crippen LogP contribution in [0.3, 0.4) is 0 Å². The van der Waals surface area contributed by atoms with Crippen molar-refractivity contribution in [2.24, 2.45) is 7.05 Å². The minimum Gasteiger partial charge on any atom is -0.588 e. The second-order valence-electron chi connectivity index (χ2n) is 6.75. The molecule has 1 atom stereocenters. The van der Waals surface area contributed by atoms with E-state index in [1.807, 2.05) is 45.2 Å². The zero-order chi connectivity index (χ0) is 19.1. The summed E-state index contributed by atoms with van der Waals surface area (Å²) in [6.07, 6.45) is 2.21. The highest BCUT2D eigenvalue weighted by atomic mass is 32.2. The molecule has 0 saturated carbocycles. The minimum atomic E-state index is -1.31. The van der Waals surface area contributed by atoms with E-state index in [-0.39, 0.29) is 0 Å². The summed E-state index contributed by atoms with van der Waals surface area (Å²) >= 11 is -1.31. The van der Waals surface area contributed by atoms with E-state index in [4.69, 9.17) is 4.74 Å². The first-order valence-corrected chi connectivity index (χ1v) is 10.0. The average Bonchev–Trinajstić information content (AvgIpc) is 2.84. The first-order valence-electron chi connectivity index (χ1n) is 8.88. The zero-order valence-corrected chi connectivity index (χ0v) is 17.2. The average molecular weight is 379 g/mol. The van der Waals surface area contributed by atoms with E-state index in [0.717, 1.165) is 53.5 Å². The van der Waals surface area contributed by atoms with Gasteiger partial charge in [-0.3, -0.25) is 4.68 Å². The summed E-state index contributed by atoms with van der Waals surface area (Å²) in [6.45, 7) is 6.31. The van der Waals surface area contributed by atoms with Crippen LogP contribution >= 0.6 is 0 Å². The van der Waals surface area contributed by atoms with E-state index in [9.17, 15) is 4.55 Å². The van der Waals surface area contributed by atoms with Crippen LogP contribution in [0.5, 0.6) is 0 Å². The van der Waals surface area contributed by atoms with Gasteiger partial charge in [-0.1, -0.05) is 12.1 Å². The van der Waals surface area contributed by atoms with Crippen LogP contribution in [0, 0.1) is 13.8 Å². The highest BCUT2D eigenvalue weighted by Crippen LogP contribution is 2.23. The van der Waals surface area contributed by atoms with Crippen LogP contribution in [0.2, 0.25) is 0 Å². The number of ether oxygens (including phenoxy) is 1. The number of aryl methyl sites for hydroxylation is 2. The third kappa shape index (κ3) is 6.02. The number of aromatic nitrogens is 2. The summed E-state index contributed by atoms with van der Waals surface area (Å²) in [6, 6.07) is 7.71. The van der Waals surface area contributed by atoms with Crippen molar-refractivity contribution in [3.63, 3.8) is 0 Å². The number of nitrogens with one attached hydrogen (secondary N) is 1. The second kappa shape index (κ2) is 9.97. The fraction of sp³-hybridized carbons (Fsp3) is 0.526. The van der Waals surface area contributed by atoms with E-state index in [2.05, 4.69) is 28.8 Å². The Balaban J connectivity index is 1.81. The van der Waals surface area contributed by atoms with Crippen molar-refractivity contribution in [2.75, 3.05) is 32.0 Å². The van der Waals surface area contributed by atoms with Crippen LogP contribution in [0.15, 0.2) is 29.2 Å². The SMILES string of the molecule is Cc1nn(C)c(C)c1N[S+]([O-])c1ccc(COCCCCN(C)C)cc1. The lowest BCUT2D eigenvalue weighted by Gasteiger charge is -2.12. The Morgan fingerprint density at radius 2 is 1.88 bits per heavy atom. The monoisotopic (exact) mass is 378 g/mol. The summed E-state index contributed by atoms with van der Waals surface area (Å²) in [7, 11) is 6.04. The molecule has 0 saturated heterocycles. The maximum Gasteiger partial charge on any atom is 0.179 e. The molecule has 0 spiro atoms. The molecule has 144 valence electrons. The van der Waals surface area contributed by atoms with E-state index >= 15 is 0 Å². The van der Waals surface area contributed by atoms with Crippen molar-refractivity contribution >= 4 is 17.0 Å². The van der Waals surface area contributed by atoms with E-state index in [1.54, 1.807) is 4.68 Å². The predicted molar refractivity (Wildman–Crippen MR) is 107 cm³/mol. The normalized spacial score (nSPS) is 12.6. The van der Waals surface area contributed by atoms with Gasteiger partial charge in [0.05, 0.1) is 18.0 Å². The maximum absolute atomic E-state index is 12.6. The molecule has 0 fully saturated rings. The molecule has 1 heterocycles. The molecule has 0 aliphatic heterocycles. The van der Waals surface area contributed by atoms with Gasteiger partial charge < -0.3 is 14.2 Å². The molecular formula is C19H30N4O2S. The number of unbranched alkanes of at least 4 members (excludes halogenated alkanes) is 1. The Labute approximate surface area is 159 Å². The quantitative estimate of drug-likeness (QED) is 0.508. The fourth-order valence-corrected chi connectivity index (χ4v) is 3.59. The molecule has 0 radical (unpaired) electrons. The van der Waals surface area contributed by atoms with Gasteiger partial charge in [0.15, 0.2) is 4.90 Å². The van der Waals surface area contributed by atoms with Gasteiger partial charge in [-0.2, -0.15) is 9.82 Å². The van der Waals surface area contributed by atoms with Crippen molar-refractivity contribution in [2.45, 2.75) is 38.2 Å². The highest BCUT2D eigenvalue weighted by molar-refractivity contribution is 7.92. The Kier molecular flexibility index (Phi) is 7.96. The number of hydrogen-bond acceptors (Lipinski definition) is 5. The lowest BCUT2D eigenvalue weighted by atomic mass is 10.2. The maximum atomic E-state index is 12.6. The summed E-state index contributed by atoms with van der Waals surface area (Å²) in [4.78, 5) is 2.92. The molecule has 0 aliphatic rings. The summed E-state index contributed by atoms with van der Waals surface area (Å²) in [5, 5.41) is 4.34. The molecule has 1 unspecified atom stereocenters. The van der Waals surface area contributed by atoms with Gasteiger partial charge in [0.1, 0.15) is 17.0 Å². The van der Waals surface area contributed by atoms with E-state index < -0.39 is 11.4 Å². The largest absolute Gasteiger partial charge is 0.588 e. The number of rotatable bonds is 10. The fourth-order valence-electron chi connectivity index (χ4n) is 2.60. The molecule has 1 aromatic heterocycles. The molecule has 2 rings (SSSR count). The Morgan fingerprint density at radius 3 is 2.46 bits per heavy atom. The van der Waals surface area contributed by atoms with Crippen molar-refractivity contribution in [3.8, 4) is 0 Å². The molecule has 6 nitrogen and oxygen atoms in total. The number of benzene rings is 1. The lowest BCUT2D eigenvalue weighted by molar-refractivity contribution is 0.115. The van der Waals surface area contributed by atoms with Crippen molar-refractivity contribution in [1.29, 1.82) is 0 Å². The molecule has 2 aromatic rings. The van der Waals surface area contributed by atoms with Gasteiger partial charge in [0.2, 0.25) is 0 Å². The standard InChI is InChI=1S/C19H30N4O2S/c1-15-19(16(2)23(5)20-15)21-26(24)18-10-8-17(9-11-18)14-25-13-7-6-12-22(3)4/h8-11,21H,6-7,12-14H2,1-5H3. The van der Waals surface area contributed by atoms with Crippen molar-refractivity contribution < 1.29 is 9.29 Å². The molecule has 0 bridgehead atoms. The van der Waals surface area contributed by atoms with Gasteiger partial charge in [0, 0.05) is 13.7 Å². The molecule has 1 aromatic carbocycles. The van der Waals surface area contributed by atoms with Crippen LogP contribution in [0.25, 0.3) is 0 Å². The van der Waals surface area contributed by atoms with E-state index in [1.165, 1.54) is 0 Å². The Morgan fingerprint density at radius 1 is 1.19 bits per heavy atom. The summed E-state index contributed by atoms with van der Waals surface area (Å²) in [5.74, 6) is 0. The zero-order valence-electron chi connectivity index (χ0n) is 16.4. The van der Waals surface area contributed by atoms with Crippen LogP contribution in [0.4, 0.5) is 5.69 Å². The van der Waals surface area contributed by atoms with Crippen LogP contribution in [0.1, 0.15) is 29.8 Å². The first-order chi connectivity index (χ1) is 12.4. The predicted octanol–water partition coefficient (Wildman–Crippen LogP) is 3.03. The van der Waals surface area contributed by atoms with Gasteiger partial charge in [-0.05, 0) is 65.0 Å². The number of hydrogen-bond donors (Lipinski definition) is 1. The highest BCUT2D eigenvalue weighted by Gasteiger charge is 2.17. The van der Waals surface area contributed by atoms with Crippen molar-refractivity contribution in [3.05, 3.63) is 41.2 Å². The Bertz CT molecular complexity index is 686. The molecule has 0 aliphatic carbocycles. The second-order valence-corrected chi connectivity index (χ2v) is 7.96. The third-order valence-corrected chi connectivity index (χ3v) is 5.34. The van der Waals surface area contributed by atoms with Gasteiger partial charge in [-0.15, -0.1) is 0 Å². The van der Waals surface area contributed by atoms with Crippen LogP contribution < -0.4 is 4.72 Å². The smallest absolute Gasteiger partial charge is 0.179 e. The molecule has 26 heavy (non-hydrogen) atoms. The van der Waals surface area contributed by atoms with Gasteiger partial charge in [-0.25, -0.2) is 0 Å². The van der Waals surface area contributed by atoms with Gasteiger partial charge >= 0.3 is 0 Å². The summed E-state index contributed by atoms with van der Waals surface area (Å²) < 4.78 is 23.1. The minimum absolute atomic E-state index is 0.586. The number of anilines is 1.